The van der Waals surface area contributed by atoms with Gasteiger partial charge < -0.3 is 5.73 Å². The van der Waals surface area contributed by atoms with Crippen molar-refractivity contribution in [2.75, 3.05) is 6.61 Å². The van der Waals surface area contributed by atoms with Gasteiger partial charge in [-0.05, 0) is 93.0 Å². The summed E-state index contributed by atoms with van der Waals surface area (Å²) < 4.78 is 0. The molecule has 2 heterocycles. The fraction of sp³-hybridized carbons (Fsp3) is 0.519. The van der Waals surface area contributed by atoms with E-state index in [0.717, 1.165) is 68.2 Å². The molecule has 1 atom stereocenters. The van der Waals surface area contributed by atoms with Crippen molar-refractivity contribution in [3.63, 3.8) is 0 Å². The van der Waals surface area contributed by atoms with Gasteiger partial charge in [0.25, 0.3) is 5.91 Å². The number of amides is 2. The number of nitrogens with two attached hydrogens (primary N) is 1. The number of aryl methyl sites for hydroxylation is 2. The Morgan fingerprint density at radius 3 is 2.45 bits per heavy atom. The number of aromatic nitrogens is 1. The van der Waals surface area contributed by atoms with E-state index in [1.54, 1.807) is 5.06 Å². The first-order chi connectivity index (χ1) is 15.8. The summed E-state index contributed by atoms with van der Waals surface area (Å²) in [4.78, 5) is 35.9. The summed E-state index contributed by atoms with van der Waals surface area (Å²) >= 11 is 0. The highest BCUT2D eigenvalue weighted by molar-refractivity contribution is 5.94. The molecule has 2 bridgehead atoms. The second-order valence-corrected chi connectivity index (χ2v) is 10.5. The number of hydrogen-bond donors (Lipinski definition) is 1. The van der Waals surface area contributed by atoms with E-state index in [4.69, 9.17) is 10.6 Å². The molecule has 6 heteroatoms. The fourth-order valence-electron chi connectivity index (χ4n) is 6.21. The normalized spacial score (nSPS) is 28.8. The quantitative estimate of drug-likeness (QED) is 0.727. The van der Waals surface area contributed by atoms with Crippen molar-refractivity contribution in [3.05, 3.63) is 64.5 Å². The molecular weight excluding hydrogens is 414 g/mol. The van der Waals surface area contributed by atoms with E-state index < -0.39 is 0 Å². The van der Waals surface area contributed by atoms with E-state index in [1.807, 2.05) is 38.2 Å². The zero-order valence-corrected chi connectivity index (χ0v) is 19.6. The third-order valence-corrected chi connectivity index (χ3v) is 8.43. The minimum atomic E-state index is -0.368. The predicted molar refractivity (Wildman–Crippen MR) is 125 cm³/mol. The Bertz CT molecular complexity index is 1050. The van der Waals surface area contributed by atoms with Crippen LogP contribution in [0.2, 0.25) is 0 Å². The third-order valence-electron chi connectivity index (χ3n) is 8.43. The van der Waals surface area contributed by atoms with Crippen molar-refractivity contribution in [3.8, 4) is 0 Å². The van der Waals surface area contributed by atoms with Crippen molar-refractivity contribution in [1.82, 2.24) is 10.0 Å². The number of benzene rings is 1. The van der Waals surface area contributed by atoms with Crippen LogP contribution in [0.15, 0.2) is 36.5 Å². The monoisotopic (exact) mass is 447 g/mol. The van der Waals surface area contributed by atoms with E-state index in [2.05, 4.69) is 17.1 Å². The smallest absolute Gasteiger partial charge is 0.252 e. The van der Waals surface area contributed by atoms with Crippen LogP contribution in [-0.4, -0.2) is 28.5 Å². The van der Waals surface area contributed by atoms with Crippen LogP contribution in [0.5, 0.6) is 0 Å². The van der Waals surface area contributed by atoms with E-state index >= 15 is 0 Å². The zero-order valence-electron chi connectivity index (χ0n) is 19.6. The highest BCUT2D eigenvalue weighted by Crippen LogP contribution is 2.59. The number of fused-ring (bicyclic) bond motifs is 3. The number of hydrogen-bond acceptors (Lipinski definition) is 4. The summed E-state index contributed by atoms with van der Waals surface area (Å²) in [6, 6.07) is 10.1. The molecular formula is C27H33N3O3. The molecule has 1 aromatic heterocycles. The molecule has 0 radical (unpaired) electrons. The SMILES string of the molecule is Cc1ccc([C@@H]2CCON2C(=O)C23CCC(Cc4ccc(C)c(C(N)=O)c4)(CC2)CC3)cn1. The maximum Gasteiger partial charge on any atom is 0.252 e. The molecule has 3 aliphatic carbocycles. The molecule has 2 amide bonds. The first-order valence-corrected chi connectivity index (χ1v) is 12.1. The van der Waals surface area contributed by atoms with Gasteiger partial charge in [0.05, 0.1) is 18.1 Å². The molecule has 1 saturated heterocycles. The summed E-state index contributed by atoms with van der Waals surface area (Å²) in [6.07, 6.45) is 9.43. The van der Waals surface area contributed by atoms with Crippen molar-refractivity contribution < 1.29 is 14.4 Å². The number of carbonyl (C=O) groups excluding carboxylic acids is 2. The van der Waals surface area contributed by atoms with Gasteiger partial charge in [-0.15, -0.1) is 0 Å². The van der Waals surface area contributed by atoms with Gasteiger partial charge in [0.15, 0.2) is 0 Å². The standard InChI is InChI=1S/C27H33N3O3/c1-18-3-5-20(15-22(18)24(28)31)16-26-8-11-27(12-9-26,13-10-26)25(32)30-23(7-14-33-30)21-6-4-19(2)29-17-21/h3-6,15,17,23H,7-14,16H2,1-2H3,(H2,28,31)/t23-,26?,27?/m0/s1. The maximum absolute atomic E-state index is 13.8. The van der Waals surface area contributed by atoms with Crippen molar-refractivity contribution >= 4 is 11.8 Å². The molecule has 2 N–H and O–H groups in total. The van der Waals surface area contributed by atoms with Gasteiger partial charge >= 0.3 is 0 Å². The van der Waals surface area contributed by atoms with Crippen LogP contribution in [0.25, 0.3) is 0 Å². The molecule has 33 heavy (non-hydrogen) atoms. The van der Waals surface area contributed by atoms with E-state index in [0.29, 0.717) is 12.2 Å². The Morgan fingerprint density at radius 2 is 1.82 bits per heavy atom. The minimum absolute atomic E-state index is 0.0478. The van der Waals surface area contributed by atoms with Gasteiger partial charge in [-0.1, -0.05) is 18.2 Å². The summed E-state index contributed by atoms with van der Waals surface area (Å²) in [5.41, 5.74) is 10.2. The molecule has 4 fully saturated rings. The van der Waals surface area contributed by atoms with Crippen molar-refractivity contribution in [2.45, 2.75) is 71.3 Å². The van der Waals surface area contributed by atoms with Crippen LogP contribution < -0.4 is 5.73 Å². The summed E-state index contributed by atoms with van der Waals surface area (Å²) in [5.74, 6) is -0.210. The van der Waals surface area contributed by atoms with Crippen LogP contribution in [0.1, 0.15) is 83.7 Å². The highest BCUT2D eigenvalue weighted by Gasteiger charge is 2.54. The highest BCUT2D eigenvalue weighted by atomic mass is 16.7. The molecule has 2 aromatic rings. The number of nitrogens with zero attached hydrogens (tertiary/aromatic N) is 2. The largest absolute Gasteiger partial charge is 0.366 e. The second-order valence-electron chi connectivity index (χ2n) is 10.5. The first-order valence-electron chi connectivity index (χ1n) is 12.1. The Morgan fingerprint density at radius 1 is 1.09 bits per heavy atom. The van der Waals surface area contributed by atoms with E-state index in [-0.39, 0.29) is 28.7 Å². The Labute approximate surface area is 195 Å². The second kappa shape index (κ2) is 8.24. The van der Waals surface area contributed by atoms with Crippen LogP contribution >= 0.6 is 0 Å². The Kier molecular flexibility index (Phi) is 5.52. The van der Waals surface area contributed by atoms with Crippen molar-refractivity contribution in [2.24, 2.45) is 16.6 Å². The Hall–Kier alpha value is -2.73. The molecule has 0 spiro atoms. The van der Waals surface area contributed by atoms with E-state index in [9.17, 15) is 9.59 Å². The van der Waals surface area contributed by atoms with Gasteiger partial charge in [-0.3, -0.25) is 19.4 Å². The predicted octanol–water partition coefficient (Wildman–Crippen LogP) is 4.59. The molecule has 6 rings (SSSR count). The summed E-state index contributed by atoms with van der Waals surface area (Å²) in [7, 11) is 0. The van der Waals surface area contributed by atoms with Gasteiger partial charge in [-0.25, -0.2) is 5.06 Å². The van der Waals surface area contributed by atoms with Gasteiger partial charge in [0, 0.05) is 23.9 Å². The summed E-state index contributed by atoms with van der Waals surface area (Å²) in [5, 5.41) is 1.67. The van der Waals surface area contributed by atoms with Crippen LogP contribution in [0.3, 0.4) is 0 Å². The lowest BCUT2D eigenvalue weighted by molar-refractivity contribution is -0.196. The Balaban J connectivity index is 1.30. The molecule has 3 saturated carbocycles. The van der Waals surface area contributed by atoms with Crippen LogP contribution in [0, 0.1) is 24.7 Å². The lowest BCUT2D eigenvalue weighted by Gasteiger charge is -2.53. The topological polar surface area (TPSA) is 85.5 Å². The summed E-state index contributed by atoms with van der Waals surface area (Å²) in [6.45, 7) is 4.46. The number of rotatable bonds is 5. The van der Waals surface area contributed by atoms with E-state index in [1.165, 1.54) is 5.56 Å². The lowest BCUT2D eigenvalue weighted by Crippen LogP contribution is -2.51. The van der Waals surface area contributed by atoms with Gasteiger partial charge in [0.2, 0.25) is 5.91 Å². The fourth-order valence-corrected chi connectivity index (χ4v) is 6.21. The maximum atomic E-state index is 13.8. The number of primary amides is 1. The third kappa shape index (κ3) is 3.95. The number of carbonyl (C=O) groups is 2. The molecule has 1 aromatic carbocycles. The zero-order chi connectivity index (χ0) is 23.2. The first kappa shape index (κ1) is 22.1. The number of hydroxylamine groups is 2. The molecule has 1 aliphatic heterocycles. The van der Waals surface area contributed by atoms with Crippen LogP contribution in [-0.2, 0) is 16.1 Å². The number of pyridine rings is 1. The van der Waals surface area contributed by atoms with Crippen LogP contribution in [0.4, 0.5) is 0 Å². The molecule has 6 nitrogen and oxygen atoms in total. The molecule has 4 aliphatic rings. The van der Waals surface area contributed by atoms with Gasteiger partial charge in [0.1, 0.15) is 0 Å². The minimum Gasteiger partial charge on any atom is -0.366 e. The lowest BCUT2D eigenvalue weighted by atomic mass is 9.52. The average Bonchev–Trinajstić information content (AvgIpc) is 3.31. The average molecular weight is 448 g/mol. The molecule has 174 valence electrons. The molecule has 0 unspecified atom stereocenters. The van der Waals surface area contributed by atoms with Gasteiger partial charge in [-0.2, -0.15) is 0 Å². The van der Waals surface area contributed by atoms with Crippen molar-refractivity contribution in [1.29, 1.82) is 0 Å².